The molecular formula is C11H19NpO2-. The van der Waals surface area contributed by atoms with E-state index in [0.717, 1.165) is 18.4 Å². The third-order valence-electron chi connectivity index (χ3n) is 1.16. The van der Waals surface area contributed by atoms with Crippen LogP contribution in [0.1, 0.15) is 19.4 Å². The van der Waals surface area contributed by atoms with E-state index in [-0.39, 0.29) is 29.9 Å². The van der Waals surface area contributed by atoms with Gasteiger partial charge in [-0.1, -0.05) is 26.0 Å². The molecule has 2 nitrogen and oxygen atoms in total. The Balaban J connectivity index is -0.000000216. The smallest absolute Gasteiger partial charge is 0.0943 e. The van der Waals surface area contributed by atoms with Crippen LogP contribution in [-0.2, 0) is 0 Å². The van der Waals surface area contributed by atoms with Gasteiger partial charge in [0.15, 0.2) is 0 Å². The normalized spacial score (nSPS) is 6.64. The number of aliphatic hydroxyl groups excluding tert-OH is 1. The largest absolute Gasteiger partial charge is 0.499 e. The molecule has 0 aliphatic carbocycles. The SMILES string of the molecule is CC.CO.[CH2-]c1ccc(OC)cc1.[Np]. The second-order valence-corrected chi connectivity index (χ2v) is 1.85. The van der Waals surface area contributed by atoms with Gasteiger partial charge < -0.3 is 9.84 Å². The Bertz CT molecular complexity index is 185. The van der Waals surface area contributed by atoms with Crippen LogP contribution in [-0.4, -0.2) is 19.3 Å². The van der Waals surface area contributed by atoms with E-state index in [2.05, 4.69) is 6.92 Å². The van der Waals surface area contributed by atoms with Gasteiger partial charge in [-0.05, 0) is 0 Å². The summed E-state index contributed by atoms with van der Waals surface area (Å²) in [5, 5.41) is 7.00. The fourth-order valence-electron chi connectivity index (χ4n) is 0.626. The molecule has 1 aromatic rings. The summed E-state index contributed by atoms with van der Waals surface area (Å²) in [7, 11) is 2.65. The van der Waals surface area contributed by atoms with E-state index in [4.69, 9.17) is 9.84 Å². The molecule has 0 aliphatic heterocycles. The average Bonchev–Trinajstić information content (AvgIpc) is 2.25. The monoisotopic (exact) mass is 419 g/mol. The minimum Gasteiger partial charge on any atom is -0.499 e. The molecule has 1 N–H and O–H groups in total. The third kappa shape index (κ3) is 9.95. The molecule has 1 radical (unpaired) electrons. The van der Waals surface area contributed by atoms with Gasteiger partial charge in [-0.2, -0.15) is 24.6 Å². The van der Waals surface area contributed by atoms with Crippen LogP contribution in [0.15, 0.2) is 24.3 Å². The molecule has 3 heteroatoms. The number of hydrogen-bond acceptors (Lipinski definition) is 2. The van der Waals surface area contributed by atoms with Gasteiger partial charge in [0.25, 0.3) is 0 Å². The van der Waals surface area contributed by atoms with E-state index in [0.29, 0.717) is 0 Å². The molecule has 14 heavy (non-hydrogen) atoms. The van der Waals surface area contributed by atoms with Crippen molar-refractivity contribution >= 4 is 0 Å². The van der Waals surface area contributed by atoms with Gasteiger partial charge in [0.05, 0.1) is 12.9 Å². The van der Waals surface area contributed by atoms with Crippen molar-refractivity contribution in [1.82, 2.24) is 0 Å². The maximum Gasteiger partial charge on any atom is 0.0943 e. The van der Waals surface area contributed by atoms with Gasteiger partial charge in [0.2, 0.25) is 0 Å². The van der Waals surface area contributed by atoms with E-state index in [9.17, 15) is 0 Å². The maximum atomic E-state index is 7.00. The Hall–Kier alpha value is -0.137. The fraction of sp³-hybridized carbons (Fsp3) is 0.364. The number of hydrogen-bond donors (Lipinski definition) is 1. The Morgan fingerprint density at radius 2 is 1.43 bits per heavy atom. The van der Waals surface area contributed by atoms with Crippen LogP contribution in [0.4, 0.5) is 0 Å². The molecule has 0 saturated heterocycles. The van der Waals surface area contributed by atoms with Crippen LogP contribution in [0.25, 0.3) is 0 Å². The summed E-state index contributed by atoms with van der Waals surface area (Å²) >= 11 is 0. The number of rotatable bonds is 1. The van der Waals surface area contributed by atoms with Crippen LogP contribution in [0.5, 0.6) is 5.75 Å². The molecule has 0 aromatic heterocycles. The Morgan fingerprint density at radius 3 is 1.71 bits per heavy atom. The van der Waals surface area contributed by atoms with Crippen LogP contribution >= 0.6 is 0 Å². The molecule has 0 fully saturated rings. The minimum absolute atomic E-state index is 0. The molecule has 0 bridgehead atoms. The molecule has 0 saturated carbocycles. The van der Waals surface area contributed by atoms with E-state index < -0.39 is 0 Å². The topological polar surface area (TPSA) is 29.5 Å². The van der Waals surface area contributed by atoms with Crippen molar-refractivity contribution in [2.24, 2.45) is 0 Å². The third-order valence-corrected chi connectivity index (χ3v) is 1.16. The molecule has 0 amide bonds. The summed E-state index contributed by atoms with van der Waals surface area (Å²) in [6, 6.07) is 7.61. The molecular weight excluding hydrogens is 401 g/mol. The number of aliphatic hydroxyl groups is 1. The number of benzene rings is 1. The first kappa shape index (κ1) is 19.4. The predicted octanol–water partition coefficient (Wildman–Crippen LogP) is 2.51. The van der Waals surface area contributed by atoms with Crippen molar-refractivity contribution in [2.45, 2.75) is 13.8 Å². The summed E-state index contributed by atoms with van der Waals surface area (Å²) < 4.78 is 4.94. The summed E-state index contributed by atoms with van der Waals surface area (Å²) in [4.78, 5) is 0. The molecule has 1 aromatic carbocycles. The molecule has 0 unspecified atom stereocenters. The zero-order chi connectivity index (χ0) is 10.7. The summed E-state index contributed by atoms with van der Waals surface area (Å²) in [5.74, 6) is 0.877. The summed E-state index contributed by atoms with van der Waals surface area (Å²) in [5.41, 5.74) is 1.01. The first-order valence-electron chi connectivity index (χ1n) is 4.23. The van der Waals surface area contributed by atoms with Gasteiger partial charge in [-0.3, -0.25) is 0 Å². The van der Waals surface area contributed by atoms with Crippen molar-refractivity contribution in [1.29, 1.82) is 0 Å². The maximum absolute atomic E-state index is 7.00. The van der Waals surface area contributed by atoms with E-state index >= 15 is 0 Å². The molecule has 0 spiro atoms. The molecule has 0 heterocycles. The second-order valence-electron chi connectivity index (χ2n) is 1.85. The van der Waals surface area contributed by atoms with Crippen molar-refractivity contribution < 1.29 is 39.8 Å². The van der Waals surface area contributed by atoms with E-state index in [1.165, 1.54) is 0 Å². The van der Waals surface area contributed by atoms with Crippen LogP contribution in [0.2, 0.25) is 0 Å². The van der Waals surface area contributed by atoms with Crippen molar-refractivity contribution in [2.75, 3.05) is 14.2 Å². The number of methoxy groups -OCH3 is 1. The van der Waals surface area contributed by atoms with Crippen molar-refractivity contribution in [3.63, 3.8) is 0 Å². The summed E-state index contributed by atoms with van der Waals surface area (Å²) in [6.07, 6.45) is 0. The number of ether oxygens (including phenoxy) is 1. The Morgan fingerprint density at radius 1 is 1.07 bits per heavy atom. The minimum atomic E-state index is 0. The van der Waals surface area contributed by atoms with E-state index in [1.807, 2.05) is 38.1 Å². The fourth-order valence-corrected chi connectivity index (χ4v) is 0.626. The zero-order valence-electron chi connectivity index (χ0n) is 9.32. The first-order valence-corrected chi connectivity index (χ1v) is 4.23. The standard InChI is InChI=1S/C8H9O.C2H6.CH4O.Np/c1-7-3-5-8(9-2)6-4-7;2*1-2;/h3-6H,1H2,2H3;1-2H3;2H,1H3;/q-1;;;. The molecule has 0 aliphatic rings. The Labute approximate surface area is 110 Å². The first-order chi connectivity index (χ1) is 6.33. The van der Waals surface area contributed by atoms with Crippen molar-refractivity contribution in [3.05, 3.63) is 36.8 Å². The molecule has 0 atom stereocenters. The summed E-state index contributed by atoms with van der Waals surface area (Å²) in [6.45, 7) is 7.74. The van der Waals surface area contributed by atoms with Gasteiger partial charge in [0, 0.05) is 37.1 Å². The van der Waals surface area contributed by atoms with Crippen LogP contribution in [0.3, 0.4) is 0 Å². The average molecular weight is 420 g/mol. The van der Waals surface area contributed by atoms with Crippen LogP contribution < -0.4 is 4.74 Å². The predicted molar refractivity (Wildman–Crippen MR) is 56.9 cm³/mol. The molecule has 81 valence electrons. The quantitative estimate of drug-likeness (QED) is 0.708. The van der Waals surface area contributed by atoms with Gasteiger partial charge in [-0.15, -0.1) is 0 Å². The van der Waals surface area contributed by atoms with E-state index in [1.54, 1.807) is 7.11 Å². The van der Waals surface area contributed by atoms with Gasteiger partial charge in [0.1, 0.15) is 0 Å². The van der Waals surface area contributed by atoms with Crippen molar-refractivity contribution in [3.8, 4) is 5.75 Å². The van der Waals surface area contributed by atoms with Crippen LogP contribution in [0, 0.1) is 36.9 Å². The second kappa shape index (κ2) is 15.3. The molecule has 1 rings (SSSR count). The van der Waals surface area contributed by atoms with Gasteiger partial charge in [-0.25, -0.2) is 0 Å². The Kier molecular flexibility index (Phi) is 21.3. The zero-order valence-corrected chi connectivity index (χ0v) is 13.0. The van der Waals surface area contributed by atoms with Gasteiger partial charge >= 0.3 is 0 Å².